The summed E-state index contributed by atoms with van der Waals surface area (Å²) in [6.07, 6.45) is 1.27. The molecular formula is C9H15ClO3S. The Kier molecular flexibility index (Phi) is 5.06. The minimum Gasteiger partial charge on any atom is -0.446 e. The summed E-state index contributed by atoms with van der Waals surface area (Å²) in [5.41, 5.74) is 0. The van der Waals surface area contributed by atoms with Crippen molar-refractivity contribution in [1.29, 1.82) is 0 Å². The first kappa shape index (κ1) is 12.1. The molecule has 0 aromatic carbocycles. The summed E-state index contributed by atoms with van der Waals surface area (Å²) < 4.78 is 10.7. The Morgan fingerprint density at radius 2 is 2.50 bits per heavy atom. The fourth-order valence-corrected chi connectivity index (χ4v) is 2.34. The fourth-order valence-electron chi connectivity index (χ4n) is 1.18. The number of esters is 1. The van der Waals surface area contributed by atoms with Crippen LogP contribution in [0.4, 0.5) is 0 Å². The number of halogens is 1. The molecule has 0 aromatic heterocycles. The average molecular weight is 239 g/mol. The van der Waals surface area contributed by atoms with Gasteiger partial charge in [0.25, 0.3) is 0 Å². The molecule has 1 atom stereocenters. The SMILES string of the molecule is CC1(OC(=O)CCCl)COCCCS1. The van der Waals surface area contributed by atoms with Crippen LogP contribution in [0.1, 0.15) is 19.8 Å². The zero-order valence-corrected chi connectivity index (χ0v) is 9.83. The third-order valence-corrected chi connectivity index (χ3v) is 3.33. The Bertz CT molecular complexity index is 190. The molecule has 1 unspecified atom stereocenters. The van der Waals surface area contributed by atoms with Gasteiger partial charge in [-0.05, 0) is 19.1 Å². The average Bonchev–Trinajstić information content (AvgIpc) is 2.30. The van der Waals surface area contributed by atoms with Crippen LogP contribution in [0.25, 0.3) is 0 Å². The van der Waals surface area contributed by atoms with Crippen molar-refractivity contribution in [2.75, 3.05) is 24.8 Å². The van der Waals surface area contributed by atoms with Gasteiger partial charge in [0, 0.05) is 12.5 Å². The van der Waals surface area contributed by atoms with Gasteiger partial charge in [-0.15, -0.1) is 23.4 Å². The van der Waals surface area contributed by atoms with E-state index in [1.54, 1.807) is 11.8 Å². The lowest BCUT2D eigenvalue weighted by molar-refractivity contribution is -0.153. The molecule has 0 spiro atoms. The van der Waals surface area contributed by atoms with Crippen molar-refractivity contribution in [2.45, 2.75) is 24.7 Å². The number of ether oxygens (including phenoxy) is 2. The smallest absolute Gasteiger partial charge is 0.308 e. The Morgan fingerprint density at radius 3 is 3.21 bits per heavy atom. The second-order valence-electron chi connectivity index (χ2n) is 3.30. The highest BCUT2D eigenvalue weighted by atomic mass is 35.5. The van der Waals surface area contributed by atoms with Gasteiger partial charge in [-0.2, -0.15) is 0 Å². The third-order valence-electron chi connectivity index (χ3n) is 1.83. The monoisotopic (exact) mass is 238 g/mol. The highest BCUT2D eigenvalue weighted by molar-refractivity contribution is 8.00. The fraction of sp³-hybridized carbons (Fsp3) is 0.889. The van der Waals surface area contributed by atoms with Crippen LogP contribution in [0.5, 0.6) is 0 Å². The number of hydrogen-bond donors (Lipinski definition) is 0. The molecular weight excluding hydrogens is 224 g/mol. The number of carbonyl (C=O) groups excluding carboxylic acids is 1. The molecule has 0 saturated carbocycles. The van der Waals surface area contributed by atoms with Gasteiger partial charge in [0.05, 0.1) is 13.0 Å². The summed E-state index contributed by atoms with van der Waals surface area (Å²) in [6, 6.07) is 0. The number of thioether (sulfide) groups is 1. The summed E-state index contributed by atoms with van der Waals surface area (Å²) in [5.74, 6) is 1.02. The molecule has 1 fully saturated rings. The van der Waals surface area contributed by atoms with Crippen LogP contribution < -0.4 is 0 Å². The van der Waals surface area contributed by atoms with Crippen LogP contribution in [-0.2, 0) is 14.3 Å². The summed E-state index contributed by atoms with van der Waals surface area (Å²) in [4.78, 5) is 10.7. The van der Waals surface area contributed by atoms with E-state index in [0.29, 0.717) is 12.5 Å². The van der Waals surface area contributed by atoms with Crippen LogP contribution >= 0.6 is 23.4 Å². The number of hydrogen-bond acceptors (Lipinski definition) is 4. The molecule has 0 aliphatic carbocycles. The van der Waals surface area contributed by atoms with E-state index in [0.717, 1.165) is 18.8 Å². The number of alkyl halides is 1. The molecule has 1 aliphatic heterocycles. The molecule has 1 rings (SSSR count). The Balaban J connectivity index is 2.41. The van der Waals surface area contributed by atoms with E-state index in [-0.39, 0.29) is 12.4 Å². The number of rotatable bonds is 3. The van der Waals surface area contributed by atoms with Crippen LogP contribution in [0.3, 0.4) is 0 Å². The Morgan fingerprint density at radius 1 is 1.71 bits per heavy atom. The zero-order chi connectivity index (χ0) is 10.4. The molecule has 0 N–H and O–H groups in total. The second kappa shape index (κ2) is 5.83. The van der Waals surface area contributed by atoms with E-state index in [1.807, 2.05) is 6.92 Å². The van der Waals surface area contributed by atoms with Gasteiger partial charge in [-0.1, -0.05) is 0 Å². The molecule has 3 nitrogen and oxygen atoms in total. The Hall–Kier alpha value is 0.0700. The summed E-state index contributed by atoms with van der Waals surface area (Å²) >= 11 is 7.08. The zero-order valence-electron chi connectivity index (χ0n) is 8.25. The van der Waals surface area contributed by atoms with Crippen molar-refractivity contribution in [3.63, 3.8) is 0 Å². The van der Waals surface area contributed by atoms with Crippen molar-refractivity contribution in [3.8, 4) is 0 Å². The maximum absolute atomic E-state index is 11.3. The van der Waals surface area contributed by atoms with Gasteiger partial charge in [0.15, 0.2) is 4.93 Å². The van der Waals surface area contributed by atoms with Crippen molar-refractivity contribution in [2.24, 2.45) is 0 Å². The molecule has 0 amide bonds. The first-order valence-corrected chi connectivity index (χ1v) is 6.18. The van der Waals surface area contributed by atoms with Gasteiger partial charge >= 0.3 is 5.97 Å². The van der Waals surface area contributed by atoms with Crippen LogP contribution in [0, 0.1) is 0 Å². The molecule has 0 bridgehead atoms. The van der Waals surface area contributed by atoms with E-state index in [9.17, 15) is 4.79 Å². The lowest BCUT2D eigenvalue weighted by Crippen LogP contribution is -2.32. The largest absolute Gasteiger partial charge is 0.446 e. The molecule has 5 heteroatoms. The molecule has 0 radical (unpaired) electrons. The van der Waals surface area contributed by atoms with E-state index < -0.39 is 4.93 Å². The number of carbonyl (C=O) groups is 1. The maximum Gasteiger partial charge on any atom is 0.308 e. The molecule has 1 saturated heterocycles. The van der Waals surface area contributed by atoms with Crippen molar-refractivity contribution >= 4 is 29.3 Å². The maximum atomic E-state index is 11.3. The quantitative estimate of drug-likeness (QED) is 0.557. The summed E-state index contributed by atoms with van der Waals surface area (Å²) in [5, 5.41) is 0. The lowest BCUT2D eigenvalue weighted by atomic mass is 10.4. The van der Waals surface area contributed by atoms with Crippen LogP contribution in [0.15, 0.2) is 0 Å². The lowest BCUT2D eigenvalue weighted by Gasteiger charge is -2.26. The van der Waals surface area contributed by atoms with Crippen molar-refractivity contribution in [3.05, 3.63) is 0 Å². The van der Waals surface area contributed by atoms with Crippen molar-refractivity contribution in [1.82, 2.24) is 0 Å². The standard InChI is InChI=1S/C9H15ClO3S/c1-9(13-8(11)3-4-10)7-12-5-2-6-14-9/h2-7H2,1H3. The van der Waals surface area contributed by atoms with Crippen LogP contribution in [0.2, 0.25) is 0 Å². The summed E-state index contributed by atoms with van der Waals surface area (Å²) in [6.45, 7) is 3.09. The highest BCUT2D eigenvalue weighted by Gasteiger charge is 2.31. The van der Waals surface area contributed by atoms with Crippen LogP contribution in [-0.4, -0.2) is 35.7 Å². The summed E-state index contributed by atoms with van der Waals surface area (Å²) in [7, 11) is 0. The van der Waals surface area contributed by atoms with Crippen molar-refractivity contribution < 1.29 is 14.3 Å². The molecule has 1 heterocycles. The van der Waals surface area contributed by atoms with Gasteiger partial charge in [0.1, 0.15) is 0 Å². The van der Waals surface area contributed by atoms with E-state index in [1.165, 1.54) is 0 Å². The Labute approximate surface area is 93.5 Å². The van der Waals surface area contributed by atoms with E-state index >= 15 is 0 Å². The van der Waals surface area contributed by atoms with Gasteiger partial charge in [-0.25, -0.2) is 0 Å². The minimum absolute atomic E-state index is 0.250. The topological polar surface area (TPSA) is 35.5 Å². The minimum atomic E-state index is -0.528. The van der Waals surface area contributed by atoms with Gasteiger partial charge in [0.2, 0.25) is 0 Å². The predicted molar refractivity (Wildman–Crippen MR) is 57.7 cm³/mol. The molecule has 1 aliphatic rings. The van der Waals surface area contributed by atoms with Gasteiger partial charge < -0.3 is 9.47 Å². The first-order valence-electron chi connectivity index (χ1n) is 4.66. The molecule has 0 aromatic rings. The highest BCUT2D eigenvalue weighted by Crippen LogP contribution is 2.30. The second-order valence-corrected chi connectivity index (χ2v) is 5.24. The van der Waals surface area contributed by atoms with Gasteiger partial charge in [-0.3, -0.25) is 4.79 Å². The predicted octanol–water partition coefficient (Wildman–Crippen LogP) is 2.03. The third kappa shape index (κ3) is 4.07. The van der Waals surface area contributed by atoms with E-state index in [2.05, 4.69) is 0 Å². The molecule has 14 heavy (non-hydrogen) atoms. The first-order chi connectivity index (χ1) is 6.66. The van der Waals surface area contributed by atoms with E-state index in [4.69, 9.17) is 21.1 Å². The normalized spacial score (nSPS) is 28.1. The molecule has 82 valence electrons.